The van der Waals surface area contributed by atoms with Gasteiger partial charge in [-0.25, -0.2) is 0 Å². The molecule has 4 aliphatic carbocycles. The summed E-state index contributed by atoms with van der Waals surface area (Å²) in [5.74, 6) is -0.320. The summed E-state index contributed by atoms with van der Waals surface area (Å²) in [6.07, 6.45) is 15.6. The third-order valence-electron chi connectivity index (χ3n) is 7.62. The Morgan fingerprint density at radius 3 is 2.70 bits per heavy atom. The summed E-state index contributed by atoms with van der Waals surface area (Å²) in [4.78, 5) is 22.7. The van der Waals surface area contributed by atoms with Crippen LogP contribution in [0.5, 0.6) is 0 Å². The molecule has 0 aliphatic heterocycles. The van der Waals surface area contributed by atoms with Gasteiger partial charge in [-0.2, -0.15) is 0 Å². The average molecular weight is 393 g/mol. The van der Waals surface area contributed by atoms with Crippen LogP contribution < -0.4 is 56.5 Å². The van der Waals surface area contributed by atoms with Gasteiger partial charge >= 0.3 is 51.4 Å². The van der Waals surface area contributed by atoms with Gasteiger partial charge in [-0.1, -0.05) is 44.2 Å². The topological polar surface area (TPSA) is 77.4 Å². The second kappa shape index (κ2) is 7.19. The van der Waals surface area contributed by atoms with Gasteiger partial charge in [0.1, 0.15) is 0 Å². The van der Waals surface area contributed by atoms with Crippen LogP contribution in [0.2, 0.25) is 0 Å². The van der Waals surface area contributed by atoms with Crippen LogP contribution >= 0.6 is 0 Å². The number of hydrogen-bond donors (Lipinski definition) is 1. The molecule has 0 radical (unpaired) electrons. The Hall–Kier alpha value is -0.304. The first-order valence-electron chi connectivity index (χ1n) is 9.45. The van der Waals surface area contributed by atoms with Crippen molar-refractivity contribution in [3.8, 4) is 0 Å². The van der Waals surface area contributed by atoms with Crippen LogP contribution in [0, 0.1) is 28.6 Å². The van der Waals surface area contributed by atoms with Gasteiger partial charge in [0.05, 0.1) is 5.60 Å². The number of fused-ring (bicyclic) bond motifs is 5. The molecule has 0 aromatic carbocycles. The molecular formula is C22H25KO4. The number of aliphatic carboxylic acids is 1. The van der Waals surface area contributed by atoms with Crippen LogP contribution in [-0.4, -0.2) is 22.5 Å². The van der Waals surface area contributed by atoms with Gasteiger partial charge in [-0.15, -0.1) is 0 Å². The number of carboxylic acid groups (broad SMARTS) is 1. The number of aliphatic hydroxyl groups is 1. The molecule has 0 bridgehead atoms. The molecule has 0 spiro atoms. The van der Waals surface area contributed by atoms with Crippen molar-refractivity contribution in [3.05, 3.63) is 48.1 Å². The Bertz CT molecular complexity index is 794. The van der Waals surface area contributed by atoms with Crippen molar-refractivity contribution in [2.75, 3.05) is 0 Å². The first kappa shape index (κ1) is 21.4. The van der Waals surface area contributed by atoms with E-state index in [0.29, 0.717) is 6.42 Å². The Labute approximate surface area is 202 Å². The van der Waals surface area contributed by atoms with Gasteiger partial charge in [-0.3, -0.25) is 4.79 Å². The van der Waals surface area contributed by atoms with Gasteiger partial charge in [0.25, 0.3) is 0 Å². The van der Waals surface area contributed by atoms with E-state index in [2.05, 4.69) is 38.2 Å². The quantitative estimate of drug-likeness (QED) is 0.499. The predicted molar refractivity (Wildman–Crippen MR) is 95.6 cm³/mol. The minimum atomic E-state index is -1.11. The van der Waals surface area contributed by atoms with E-state index in [9.17, 15) is 19.8 Å². The molecule has 4 aliphatic rings. The van der Waals surface area contributed by atoms with Crippen LogP contribution in [0.25, 0.3) is 0 Å². The summed E-state index contributed by atoms with van der Waals surface area (Å²) in [7, 11) is 0. The van der Waals surface area contributed by atoms with Crippen molar-refractivity contribution in [1.82, 2.24) is 0 Å². The molecule has 4 nitrogen and oxygen atoms in total. The predicted octanol–water partition coefficient (Wildman–Crippen LogP) is -0.888. The second-order valence-electron chi connectivity index (χ2n) is 8.77. The third-order valence-corrected chi connectivity index (χ3v) is 7.62. The van der Waals surface area contributed by atoms with E-state index in [1.165, 1.54) is 0 Å². The van der Waals surface area contributed by atoms with E-state index in [1.807, 2.05) is 6.08 Å². The van der Waals surface area contributed by atoms with Gasteiger partial charge < -0.3 is 15.0 Å². The number of carboxylic acids is 1. The minimum Gasteiger partial charge on any atom is -0.550 e. The SMILES string of the molecule is C[C@]12C=CC(=O)C=C1C=CC1C2C=C[C@@]2(C)C1CC[C@@]2(O)CCC(=O)[O-].[K+]. The molecular weight excluding hydrogens is 367 g/mol. The second-order valence-corrected chi connectivity index (χ2v) is 8.77. The molecule has 1 N–H and O–H groups in total. The van der Waals surface area contributed by atoms with Crippen molar-refractivity contribution >= 4 is 11.8 Å². The Balaban J connectivity index is 0.00000210. The average Bonchev–Trinajstić information content (AvgIpc) is 2.86. The standard InChI is InChI=1S/C22H26O4.K/c1-20-9-5-15(23)13-14(20)3-4-16-17(20)6-10-21(2)18(16)7-11-22(21,26)12-8-19(24)25;/h3-6,9-10,13,16-18,26H,7-8,11-12H2,1-2H3,(H,24,25);/q;+1/p-1/t16?,17?,18?,20-,21-,22+;/m0./s1. The summed E-state index contributed by atoms with van der Waals surface area (Å²) in [5.41, 5.74) is -0.622. The van der Waals surface area contributed by atoms with Crippen LogP contribution in [0.4, 0.5) is 0 Å². The third kappa shape index (κ3) is 3.15. The summed E-state index contributed by atoms with van der Waals surface area (Å²) < 4.78 is 0. The molecule has 27 heavy (non-hydrogen) atoms. The smallest absolute Gasteiger partial charge is 0.550 e. The zero-order chi connectivity index (χ0) is 18.7. The summed E-state index contributed by atoms with van der Waals surface area (Å²) >= 11 is 0. The molecule has 6 atom stereocenters. The maximum absolute atomic E-state index is 11.8. The molecule has 0 heterocycles. The molecule has 138 valence electrons. The number of hydrogen-bond acceptors (Lipinski definition) is 4. The van der Waals surface area contributed by atoms with Gasteiger partial charge in [0, 0.05) is 16.8 Å². The minimum absolute atomic E-state index is 0. The number of ketones is 1. The molecule has 1 fully saturated rings. The van der Waals surface area contributed by atoms with Crippen LogP contribution in [0.1, 0.15) is 39.5 Å². The fourth-order valence-corrected chi connectivity index (χ4v) is 5.87. The summed E-state index contributed by atoms with van der Waals surface area (Å²) in [5, 5.41) is 22.2. The van der Waals surface area contributed by atoms with Crippen molar-refractivity contribution in [2.45, 2.75) is 45.1 Å². The van der Waals surface area contributed by atoms with Gasteiger partial charge in [-0.05, 0) is 61.2 Å². The number of rotatable bonds is 3. The summed E-state index contributed by atoms with van der Waals surface area (Å²) in [6.45, 7) is 4.24. The molecule has 0 saturated heterocycles. The van der Waals surface area contributed by atoms with E-state index in [1.54, 1.807) is 12.2 Å². The molecule has 5 heteroatoms. The monoisotopic (exact) mass is 392 g/mol. The zero-order valence-electron chi connectivity index (χ0n) is 16.3. The fraction of sp³-hybridized carbons (Fsp3) is 0.545. The van der Waals surface area contributed by atoms with E-state index in [4.69, 9.17) is 0 Å². The normalized spacial score (nSPS) is 44.0. The molecule has 4 rings (SSSR count). The van der Waals surface area contributed by atoms with Crippen LogP contribution in [-0.2, 0) is 9.59 Å². The Kier molecular flexibility index (Phi) is 5.70. The first-order valence-corrected chi connectivity index (χ1v) is 9.45. The largest absolute Gasteiger partial charge is 1.00 e. The van der Waals surface area contributed by atoms with Crippen LogP contribution in [0.3, 0.4) is 0 Å². The van der Waals surface area contributed by atoms with E-state index >= 15 is 0 Å². The Morgan fingerprint density at radius 2 is 2.00 bits per heavy atom. The summed E-state index contributed by atoms with van der Waals surface area (Å²) in [6, 6.07) is 0. The molecule has 1 saturated carbocycles. The molecule has 0 aromatic rings. The number of carbonyl (C=O) groups is 2. The number of allylic oxidation sites excluding steroid dienone is 7. The maximum atomic E-state index is 11.8. The van der Waals surface area contributed by atoms with Crippen LogP contribution in [0.15, 0.2) is 48.1 Å². The molecule has 0 aromatic heterocycles. The maximum Gasteiger partial charge on any atom is 1.00 e. The van der Waals surface area contributed by atoms with Gasteiger partial charge in [0.15, 0.2) is 5.78 Å². The fourth-order valence-electron chi connectivity index (χ4n) is 5.87. The van der Waals surface area contributed by atoms with Gasteiger partial charge in [0.2, 0.25) is 0 Å². The van der Waals surface area contributed by atoms with Crippen molar-refractivity contribution in [3.63, 3.8) is 0 Å². The number of carbonyl (C=O) groups excluding carboxylic acids is 2. The van der Waals surface area contributed by atoms with E-state index in [0.717, 1.165) is 12.0 Å². The van der Waals surface area contributed by atoms with E-state index in [-0.39, 0.29) is 93.2 Å². The van der Waals surface area contributed by atoms with Crippen molar-refractivity contribution in [2.24, 2.45) is 28.6 Å². The van der Waals surface area contributed by atoms with Crippen molar-refractivity contribution < 1.29 is 71.2 Å². The molecule has 0 amide bonds. The van der Waals surface area contributed by atoms with Crippen molar-refractivity contribution in [1.29, 1.82) is 0 Å². The Morgan fingerprint density at radius 1 is 1.26 bits per heavy atom. The zero-order valence-corrected chi connectivity index (χ0v) is 19.4. The molecule has 3 unspecified atom stereocenters. The van der Waals surface area contributed by atoms with E-state index < -0.39 is 17.0 Å². The first-order chi connectivity index (χ1) is 12.2.